The number of carbonyl (C=O) groups excluding carboxylic acids is 1. The molecule has 0 bridgehead atoms. The van der Waals surface area contributed by atoms with Gasteiger partial charge >= 0.3 is 5.97 Å². The van der Waals surface area contributed by atoms with Crippen LogP contribution in [0.2, 0.25) is 0 Å². The molecule has 0 aromatic carbocycles. The van der Waals surface area contributed by atoms with Gasteiger partial charge in [-0.3, -0.25) is 4.79 Å². The summed E-state index contributed by atoms with van der Waals surface area (Å²) in [6.45, 7) is 6.59. The van der Waals surface area contributed by atoms with Crippen molar-refractivity contribution in [1.29, 1.82) is 0 Å². The largest absolute Gasteiger partial charge is 0.459 e. The average Bonchev–Trinajstić information content (AvgIpc) is 2.83. The number of ether oxygens (including phenoxy) is 3. The molecule has 0 radical (unpaired) electrons. The summed E-state index contributed by atoms with van der Waals surface area (Å²) < 4.78 is 16.1. The molecular weight excluding hydrogens is 256 g/mol. The number of hydrogen-bond acceptors (Lipinski definition) is 4. The molecule has 0 saturated carbocycles. The van der Waals surface area contributed by atoms with Crippen molar-refractivity contribution in [2.45, 2.75) is 72.0 Å². The van der Waals surface area contributed by atoms with Crippen LogP contribution in [0.4, 0.5) is 0 Å². The van der Waals surface area contributed by atoms with Crippen LogP contribution in [-0.4, -0.2) is 18.9 Å². The lowest BCUT2D eigenvalue weighted by Gasteiger charge is -2.13. The lowest BCUT2D eigenvalue weighted by atomic mass is 10.1. The first-order chi connectivity index (χ1) is 9.61. The first-order valence-electron chi connectivity index (χ1n) is 7.78. The summed E-state index contributed by atoms with van der Waals surface area (Å²) in [5, 5.41) is 0. The third kappa shape index (κ3) is 7.41. The number of unbranched alkanes of at least 4 members (excludes halogenated alkanes) is 4. The van der Waals surface area contributed by atoms with Crippen molar-refractivity contribution in [3.63, 3.8) is 0 Å². The van der Waals surface area contributed by atoms with Gasteiger partial charge in [0, 0.05) is 12.8 Å². The minimum Gasteiger partial charge on any atom is -0.459 e. The first-order valence-corrected chi connectivity index (χ1v) is 7.78. The Morgan fingerprint density at radius 3 is 2.75 bits per heavy atom. The van der Waals surface area contributed by atoms with E-state index in [1.165, 1.54) is 19.3 Å². The molecule has 0 spiro atoms. The zero-order chi connectivity index (χ0) is 14.8. The molecule has 0 N–H and O–H groups in total. The Morgan fingerprint density at radius 1 is 1.30 bits per heavy atom. The van der Waals surface area contributed by atoms with Crippen LogP contribution >= 0.6 is 0 Å². The van der Waals surface area contributed by atoms with Crippen molar-refractivity contribution < 1.29 is 19.0 Å². The van der Waals surface area contributed by atoms with Crippen LogP contribution < -0.4 is 0 Å². The molecule has 0 aromatic rings. The highest BCUT2D eigenvalue weighted by molar-refractivity contribution is 5.69. The third-order valence-corrected chi connectivity index (χ3v) is 3.16. The fraction of sp³-hybridized carbons (Fsp3) is 0.812. The van der Waals surface area contributed by atoms with E-state index in [0.717, 1.165) is 19.3 Å². The van der Waals surface area contributed by atoms with Gasteiger partial charge in [-0.25, -0.2) is 0 Å². The van der Waals surface area contributed by atoms with E-state index in [2.05, 4.69) is 20.8 Å². The molecule has 4 nitrogen and oxygen atoms in total. The Hall–Kier alpha value is -1.19. The van der Waals surface area contributed by atoms with E-state index in [9.17, 15) is 4.79 Å². The van der Waals surface area contributed by atoms with Gasteiger partial charge in [-0.15, -0.1) is 0 Å². The number of carbonyl (C=O) groups is 1. The number of esters is 1. The summed E-state index contributed by atoms with van der Waals surface area (Å²) in [4.78, 5) is 11.5. The molecule has 0 amide bonds. The summed E-state index contributed by atoms with van der Waals surface area (Å²) in [5.74, 6) is 0.965. The van der Waals surface area contributed by atoms with Crippen molar-refractivity contribution >= 4 is 5.97 Å². The Morgan fingerprint density at radius 2 is 2.05 bits per heavy atom. The molecular formula is C16H28O4. The van der Waals surface area contributed by atoms with E-state index >= 15 is 0 Å². The topological polar surface area (TPSA) is 44.8 Å². The molecule has 116 valence electrons. The minimum atomic E-state index is -0.224. The zero-order valence-electron chi connectivity index (χ0n) is 13.0. The highest BCUT2D eigenvalue weighted by Gasteiger charge is 2.21. The Labute approximate surface area is 122 Å². The normalized spacial score (nSPS) is 17.6. The van der Waals surface area contributed by atoms with E-state index in [1.54, 1.807) is 6.26 Å². The van der Waals surface area contributed by atoms with E-state index in [-0.39, 0.29) is 18.9 Å². The van der Waals surface area contributed by atoms with Crippen LogP contribution in [-0.2, 0) is 19.0 Å². The maximum absolute atomic E-state index is 11.5. The van der Waals surface area contributed by atoms with E-state index < -0.39 is 0 Å². The quantitative estimate of drug-likeness (QED) is 0.446. The van der Waals surface area contributed by atoms with Crippen LogP contribution in [0.3, 0.4) is 0 Å². The zero-order valence-corrected chi connectivity index (χ0v) is 13.0. The monoisotopic (exact) mass is 284 g/mol. The van der Waals surface area contributed by atoms with Gasteiger partial charge in [0.1, 0.15) is 6.26 Å². The molecule has 0 aliphatic carbocycles. The molecule has 0 fully saturated rings. The predicted molar refractivity (Wildman–Crippen MR) is 77.8 cm³/mol. The molecule has 0 saturated heterocycles. The van der Waals surface area contributed by atoms with Gasteiger partial charge in [0.2, 0.25) is 6.29 Å². The van der Waals surface area contributed by atoms with Crippen LogP contribution in [0.25, 0.3) is 0 Å². The Kier molecular flexibility index (Phi) is 8.16. The van der Waals surface area contributed by atoms with Gasteiger partial charge in [-0.2, -0.15) is 0 Å². The fourth-order valence-corrected chi connectivity index (χ4v) is 2.03. The third-order valence-electron chi connectivity index (χ3n) is 3.16. The lowest BCUT2D eigenvalue weighted by Crippen LogP contribution is -2.13. The molecule has 1 unspecified atom stereocenters. The van der Waals surface area contributed by atoms with Crippen molar-refractivity contribution in [3.8, 4) is 0 Å². The first kappa shape index (κ1) is 16.9. The molecule has 4 heteroatoms. The highest BCUT2D eigenvalue weighted by atomic mass is 16.7. The standard InChI is InChI=1S/C16H28O4/c1-4-5-6-7-8-9-15(17)18-11-14-12-19-16(20-14)10-13(2)3/h12-13,16H,4-11H2,1-3H3. The van der Waals surface area contributed by atoms with Gasteiger partial charge < -0.3 is 14.2 Å². The maximum atomic E-state index is 11.5. The predicted octanol–water partition coefficient (Wildman–Crippen LogP) is 4.15. The summed E-state index contributed by atoms with van der Waals surface area (Å²) in [7, 11) is 0. The maximum Gasteiger partial charge on any atom is 0.306 e. The van der Waals surface area contributed by atoms with E-state index in [1.807, 2.05) is 0 Å². The van der Waals surface area contributed by atoms with Gasteiger partial charge in [-0.1, -0.05) is 46.5 Å². The Balaban J connectivity index is 2.04. The van der Waals surface area contributed by atoms with E-state index in [4.69, 9.17) is 14.2 Å². The summed E-state index contributed by atoms with van der Waals surface area (Å²) in [6.07, 6.45) is 8.33. The Bertz CT molecular complexity index is 310. The molecule has 1 rings (SSSR count). The van der Waals surface area contributed by atoms with Crippen LogP contribution in [0.1, 0.15) is 65.7 Å². The minimum absolute atomic E-state index is 0.154. The second-order valence-corrected chi connectivity index (χ2v) is 5.72. The van der Waals surface area contributed by atoms with Crippen LogP contribution in [0, 0.1) is 5.92 Å². The molecule has 20 heavy (non-hydrogen) atoms. The number of rotatable bonds is 10. The molecule has 0 aromatic heterocycles. The average molecular weight is 284 g/mol. The van der Waals surface area contributed by atoms with Crippen molar-refractivity contribution in [2.24, 2.45) is 5.92 Å². The number of hydrogen-bond donors (Lipinski definition) is 0. The molecule has 1 aliphatic heterocycles. The molecule has 1 atom stereocenters. The lowest BCUT2D eigenvalue weighted by molar-refractivity contribution is -0.144. The van der Waals surface area contributed by atoms with Crippen molar-refractivity contribution in [3.05, 3.63) is 12.0 Å². The van der Waals surface area contributed by atoms with Crippen LogP contribution in [0.15, 0.2) is 12.0 Å². The fourth-order valence-electron chi connectivity index (χ4n) is 2.03. The summed E-state index contributed by atoms with van der Waals surface area (Å²) >= 11 is 0. The second kappa shape index (κ2) is 9.67. The van der Waals surface area contributed by atoms with Gasteiger partial charge in [0.05, 0.1) is 0 Å². The van der Waals surface area contributed by atoms with E-state index in [0.29, 0.717) is 18.1 Å². The van der Waals surface area contributed by atoms with Gasteiger partial charge in [-0.05, 0) is 12.3 Å². The smallest absolute Gasteiger partial charge is 0.306 e. The summed E-state index contributed by atoms with van der Waals surface area (Å²) in [6, 6.07) is 0. The highest BCUT2D eigenvalue weighted by Crippen LogP contribution is 2.20. The molecule has 1 heterocycles. The van der Waals surface area contributed by atoms with Crippen molar-refractivity contribution in [2.75, 3.05) is 6.61 Å². The summed E-state index contributed by atoms with van der Waals surface area (Å²) in [5.41, 5.74) is 0. The van der Waals surface area contributed by atoms with Crippen LogP contribution in [0.5, 0.6) is 0 Å². The van der Waals surface area contributed by atoms with Gasteiger partial charge in [0.25, 0.3) is 0 Å². The van der Waals surface area contributed by atoms with Crippen molar-refractivity contribution in [1.82, 2.24) is 0 Å². The second-order valence-electron chi connectivity index (χ2n) is 5.72. The van der Waals surface area contributed by atoms with Gasteiger partial charge in [0.15, 0.2) is 12.4 Å². The molecule has 1 aliphatic rings. The SMILES string of the molecule is CCCCCCCC(=O)OCC1=COC(CC(C)C)O1.